The van der Waals surface area contributed by atoms with Crippen LogP contribution in [0.2, 0.25) is 0 Å². The molecule has 8 heteroatoms. The van der Waals surface area contributed by atoms with Crippen molar-refractivity contribution in [2.45, 2.75) is 6.92 Å². The molecular weight excluding hydrogens is 565 g/mol. The number of aromatic nitrogens is 2. The first-order valence-electron chi connectivity index (χ1n) is 8.54. The number of ether oxygens (including phenoxy) is 1. The van der Waals surface area contributed by atoms with Crippen LogP contribution in [0.25, 0.3) is 10.2 Å². The molecule has 0 radical (unpaired) electrons. The van der Waals surface area contributed by atoms with Gasteiger partial charge in [0, 0.05) is 0 Å². The molecule has 2 aromatic heterocycles. The second-order valence-electron chi connectivity index (χ2n) is 6.06. The first-order chi connectivity index (χ1) is 13.6. The van der Waals surface area contributed by atoms with Crippen molar-refractivity contribution in [3.05, 3.63) is 79.2 Å². The summed E-state index contributed by atoms with van der Waals surface area (Å²) in [5.41, 5.74) is 2.46. The average Bonchev–Trinajstić information content (AvgIpc) is 3.11. The zero-order chi connectivity index (χ0) is 19.5. The van der Waals surface area contributed by atoms with Gasteiger partial charge in [-0.2, -0.15) is 0 Å². The SMILES string of the molecule is COc1ccc2nc(NC(=O)c3ccc([I+]c4ccc(C)cc4)cn3)sc2c1.[Br-]. The Kier molecular flexibility index (Phi) is 7.20. The third-order valence-electron chi connectivity index (χ3n) is 4.01. The normalized spacial score (nSPS) is 10.4. The average molecular weight is 582 g/mol. The van der Waals surface area contributed by atoms with E-state index < -0.39 is 0 Å². The number of carbonyl (C=O) groups excluding carboxylic acids is 1. The quantitative estimate of drug-likeness (QED) is 0.288. The number of hydrogen-bond donors (Lipinski definition) is 1. The number of aryl methyl sites for hydroxylation is 1. The van der Waals surface area contributed by atoms with Crippen molar-refractivity contribution >= 4 is 32.6 Å². The third kappa shape index (κ3) is 5.31. The van der Waals surface area contributed by atoms with E-state index in [4.69, 9.17) is 4.74 Å². The number of nitrogens with one attached hydrogen (secondary N) is 1. The molecule has 29 heavy (non-hydrogen) atoms. The van der Waals surface area contributed by atoms with E-state index in [9.17, 15) is 4.79 Å². The van der Waals surface area contributed by atoms with Crippen LogP contribution in [0.15, 0.2) is 60.8 Å². The van der Waals surface area contributed by atoms with Crippen molar-refractivity contribution in [2.24, 2.45) is 0 Å². The molecule has 0 spiro atoms. The summed E-state index contributed by atoms with van der Waals surface area (Å²) >= 11 is 1.11. The lowest BCUT2D eigenvalue weighted by molar-refractivity contribution is -0.597. The predicted octanol–water partition coefficient (Wildman–Crippen LogP) is -1.61. The molecule has 1 N–H and O–H groups in total. The Labute approximate surface area is 193 Å². The van der Waals surface area contributed by atoms with Crippen LogP contribution in [0.1, 0.15) is 16.1 Å². The predicted molar refractivity (Wildman–Crippen MR) is 107 cm³/mol. The molecule has 0 aliphatic carbocycles. The van der Waals surface area contributed by atoms with E-state index in [0.29, 0.717) is 10.8 Å². The number of hydrogen-bond acceptors (Lipinski definition) is 5. The number of pyridine rings is 1. The van der Waals surface area contributed by atoms with Crippen LogP contribution in [0.5, 0.6) is 5.75 Å². The molecule has 0 bridgehead atoms. The molecule has 0 aliphatic heterocycles. The van der Waals surface area contributed by atoms with E-state index in [2.05, 4.69) is 46.5 Å². The number of benzene rings is 2. The maximum Gasteiger partial charge on any atom is 0.359 e. The zero-order valence-electron chi connectivity index (χ0n) is 15.6. The minimum Gasteiger partial charge on any atom is -1.00 e. The zero-order valence-corrected chi connectivity index (χ0v) is 20.2. The summed E-state index contributed by atoms with van der Waals surface area (Å²) in [6.45, 7) is 2.08. The second kappa shape index (κ2) is 9.64. The van der Waals surface area contributed by atoms with Gasteiger partial charge in [-0.15, -0.1) is 0 Å². The highest BCUT2D eigenvalue weighted by Crippen LogP contribution is 2.29. The number of thiazole rings is 1. The fourth-order valence-corrected chi connectivity index (χ4v) is 5.50. The Bertz CT molecular complexity index is 1130. The fraction of sp³-hybridized carbons (Fsp3) is 0.0952. The number of methoxy groups -OCH3 is 1. The number of nitrogens with zero attached hydrogens (tertiary/aromatic N) is 2. The summed E-state index contributed by atoms with van der Waals surface area (Å²) in [4.78, 5) is 21.3. The van der Waals surface area contributed by atoms with E-state index in [1.807, 2.05) is 24.3 Å². The van der Waals surface area contributed by atoms with Gasteiger partial charge in [-0.05, 0) is 49.4 Å². The van der Waals surface area contributed by atoms with Gasteiger partial charge in [0.15, 0.2) is 8.70 Å². The van der Waals surface area contributed by atoms with E-state index in [1.54, 1.807) is 19.4 Å². The molecule has 148 valence electrons. The largest absolute Gasteiger partial charge is 1.00 e. The summed E-state index contributed by atoms with van der Waals surface area (Å²) in [6.07, 6.45) is 1.80. The topological polar surface area (TPSA) is 64.1 Å². The first-order valence-corrected chi connectivity index (χ1v) is 11.5. The summed E-state index contributed by atoms with van der Waals surface area (Å²) in [6, 6.07) is 18.0. The summed E-state index contributed by atoms with van der Waals surface area (Å²) in [7, 11) is 1.63. The Hall–Kier alpha value is -2.04. The van der Waals surface area contributed by atoms with Crippen LogP contribution in [0.4, 0.5) is 5.13 Å². The number of amides is 1. The maximum absolute atomic E-state index is 12.5. The minimum absolute atomic E-state index is 0. The molecule has 1 amide bonds. The van der Waals surface area contributed by atoms with Gasteiger partial charge in [0.25, 0.3) is 5.91 Å². The van der Waals surface area contributed by atoms with E-state index in [0.717, 1.165) is 16.0 Å². The first kappa shape index (κ1) is 21.7. The van der Waals surface area contributed by atoms with Crippen molar-refractivity contribution in [3.63, 3.8) is 0 Å². The van der Waals surface area contributed by atoms with Crippen molar-refractivity contribution < 1.29 is 47.7 Å². The van der Waals surface area contributed by atoms with Gasteiger partial charge in [0.1, 0.15) is 11.4 Å². The van der Waals surface area contributed by atoms with Crippen LogP contribution in [0, 0.1) is 14.1 Å². The van der Waals surface area contributed by atoms with Crippen LogP contribution in [0.3, 0.4) is 0 Å². The van der Waals surface area contributed by atoms with Gasteiger partial charge in [-0.3, -0.25) is 10.1 Å². The molecule has 0 unspecified atom stereocenters. The van der Waals surface area contributed by atoms with E-state index >= 15 is 0 Å². The number of halogens is 2. The summed E-state index contributed by atoms with van der Waals surface area (Å²) in [5.74, 6) is 0.509. The smallest absolute Gasteiger partial charge is 0.359 e. The number of fused-ring (bicyclic) bond motifs is 1. The van der Waals surface area contributed by atoms with Gasteiger partial charge in [-0.1, -0.05) is 29.0 Å². The minimum atomic E-state index is -0.301. The van der Waals surface area contributed by atoms with Gasteiger partial charge in [-0.25, -0.2) is 9.97 Å². The van der Waals surface area contributed by atoms with Crippen LogP contribution in [-0.4, -0.2) is 23.0 Å². The standard InChI is InChI=1S/C21H16IN3O2S.BrH/c1-13-3-5-14(6-4-13)22-15-7-9-18(23-12-15)20(26)25-21-24-17-10-8-16(27-2)11-19(17)28-21;/h3-12H,1-2H3;1H. The molecular formula is C21H17BrIN3O2S. The summed E-state index contributed by atoms with van der Waals surface area (Å²) < 4.78 is 8.68. The summed E-state index contributed by atoms with van der Waals surface area (Å²) in [5, 5.41) is 3.38. The Balaban J connectivity index is 0.00000240. The van der Waals surface area contributed by atoms with Gasteiger partial charge >= 0.3 is 21.2 Å². The Morgan fingerprint density at radius 2 is 1.83 bits per heavy atom. The molecule has 5 nitrogen and oxygen atoms in total. The highest BCUT2D eigenvalue weighted by atomic mass is 127. The Morgan fingerprint density at radius 1 is 1.07 bits per heavy atom. The number of anilines is 1. The molecule has 0 saturated carbocycles. The van der Waals surface area contributed by atoms with E-state index in [1.165, 1.54) is 24.0 Å². The van der Waals surface area contributed by atoms with Crippen molar-refractivity contribution in [3.8, 4) is 5.75 Å². The molecule has 0 atom stereocenters. The molecule has 0 aliphatic rings. The molecule has 4 rings (SSSR count). The maximum atomic E-state index is 12.5. The highest BCUT2D eigenvalue weighted by Gasteiger charge is 2.18. The lowest BCUT2D eigenvalue weighted by atomic mass is 10.2. The van der Waals surface area contributed by atoms with Crippen LogP contribution >= 0.6 is 11.3 Å². The van der Waals surface area contributed by atoms with Crippen molar-refractivity contribution in [2.75, 3.05) is 12.4 Å². The van der Waals surface area contributed by atoms with E-state index in [-0.39, 0.29) is 44.1 Å². The van der Waals surface area contributed by atoms with Gasteiger partial charge in [0.05, 0.1) is 23.5 Å². The number of carbonyl (C=O) groups is 1. The van der Waals surface area contributed by atoms with Crippen molar-refractivity contribution in [1.82, 2.24) is 9.97 Å². The monoisotopic (exact) mass is 581 g/mol. The molecule has 2 aromatic carbocycles. The Morgan fingerprint density at radius 3 is 2.52 bits per heavy atom. The number of rotatable bonds is 5. The van der Waals surface area contributed by atoms with Gasteiger partial charge < -0.3 is 21.7 Å². The van der Waals surface area contributed by atoms with Crippen LogP contribution in [-0.2, 0) is 0 Å². The van der Waals surface area contributed by atoms with Crippen LogP contribution < -0.4 is 48.2 Å². The molecule has 4 aromatic rings. The molecule has 0 fully saturated rings. The van der Waals surface area contributed by atoms with Gasteiger partial charge in [0.2, 0.25) is 3.57 Å². The molecule has 2 heterocycles. The fourth-order valence-electron chi connectivity index (χ4n) is 2.53. The molecule has 0 saturated heterocycles. The second-order valence-corrected chi connectivity index (χ2v) is 10.1. The highest BCUT2D eigenvalue weighted by molar-refractivity contribution is 7.22. The lowest BCUT2D eigenvalue weighted by Gasteiger charge is -1.99. The third-order valence-corrected chi connectivity index (χ3v) is 7.54. The van der Waals surface area contributed by atoms with Crippen molar-refractivity contribution in [1.29, 1.82) is 0 Å². The lowest BCUT2D eigenvalue weighted by Crippen LogP contribution is -3.61.